The molecule has 0 aromatic heterocycles. The van der Waals surface area contributed by atoms with Gasteiger partial charge in [-0.1, -0.05) is 74.9 Å². The maximum absolute atomic E-state index is 14.0. The van der Waals surface area contributed by atoms with E-state index in [2.05, 4.69) is 37.7 Å². The van der Waals surface area contributed by atoms with Crippen LogP contribution >= 0.6 is 9.24 Å². The number of para-hydroxylation sites is 1. The standard InChI is InChI=1S/C25H40F3N2P/c1-8-23(5,6)14-9-10-15-24(7,17-25(27,28)31)30-20(4)19(3)16-29-22-18(2)12-11-13-21(22)26/h11-13,16,19,30H,4,8-10,14-15,17,31H2,1-3,5-7H3/t19-,24?/m1/s1. The van der Waals surface area contributed by atoms with Crippen molar-refractivity contribution in [2.24, 2.45) is 16.3 Å². The Hall–Kier alpha value is -1.35. The van der Waals surface area contributed by atoms with E-state index in [4.69, 9.17) is 0 Å². The van der Waals surface area contributed by atoms with Crippen LogP contribution in [0.2, 0.25) is 0 Å². The fourth-order valence-corrected chi connectivity index (χ4v) is 4.03. The number of alkyl halides is 2. The number of nitrogens with one attached hydrogen (secondary N) is 1. The molecule has 0 fully saturated rings. The van der Waals surface area contributed by atoms with Crippen molar-refractivity contribution in [3.8, 4) is 0 Å². The average Bonchev–Trinajstić information content (AvgIpc) is 2.63. The quantitative estimate of drug-likeness (QED) is 0.181. The van der Waals surface area contributed by atoms with Gasteiger partial charge in [0.25, 0.3) is 5.66 Å². The predicted octanol–water partition coefficient (Wildman–Crippen LogP) is 8.19. The summed E-state index contributed by atoms with van der Waals surface area (Å²) in [6.45, 7) is 16.2. The summed E-state index contributed by atoms with van der Waals surface area (Å²) in [7, 11) is 1.64. The van der Waals surface area contributed by atoms with Gasteiger partial charge in [-0.3, -0.25) is 4.99 Å². The van der Waals surface area contributed by atoms with Gasteiger partial charge in [0.05, 0.1) is 0 Å². The van der Waals surface area contributed by atoms with E-state index >= 15 is 0 Å². The van der Waals surface area contributed by atoms with E-state index in [0.29, 0.717) is 17.8 Å². The SMILES string of the molecule is C=C(NC(C)(CCCCC(C)(C)CC)CC(F)(F)P)[C@H](C)C=Nc1c(C)cccc1F. The lowest BCUT2D eigenvalue weighted by atomic mass is 9.82. The number of nitrogens with zero attached hydrogens (tertiary/aromatic N) is 1. The topological polar surface area (TPSA) is 24.4 Å². The Morgan fingerprint density at radius 2 is 1.84 bits per heavy atom. The number of benzene rings is 1. The van der Waals surface area contributed by atoms with E-state index in [-0.39, 0.29) is 23.6 Å². The summed E-state index contributed by atoms with van der Waals surface area (Å²) in [4.78, 5) is 4.29. The van der Waals surface area contributed by atoms with Crippen molar-refractivity contribution in [2.45, 2.75) is 91.3 Å². The molecule has 0 amide bonds. The first-order valence-corrected chi connectivity index (χ1v) is 11.7. The van der Waals surface area contributed by atoms with Crippen molar-refractivity contribution in [1.29, 1.82) is 0 Å². The van der Waals surface area contributed by atoms with Gasteiger partial charge in [-0.05, 0) is 43.7 Å². The molecule has 0 heterocycles. The molecule has 176 valence electrons. The van der Waals surface area contributed by atoms with Crippen LogP contribution in [0.3, 0.4) is 0 Å². The minimum Gasteiger partial charge on any atom is -0.383 e. The molecule has 3 atom stereocenters. The summed E-state index contributed by atoms with van der Waals surface area (Å²) in [6, 6.07) is 4.81. The highest BCUT2D eigenvalue weighted by Crippen LogP contribution is 2.36. The van der Waals surface area contributed by atoms with Crippen LogP contribution in [0.5, 0.6) is 0 Å². The monoisotopic (exact) mass is 456 g/mol. The van der Waals surface area contributed by atoms with Crippen LogP contribution in [0.1, 0.15) is 78.7 Å². The zero-order valence-electron chi connectivity index (χ0n) is 20.0. The van der Waals surface area contributed by atoms with Crippen LogP contribution in [0.4, 0.5) is 18.9 Å². The van der Waals surface area contributed by atoms with Crippen LogP contribution in [-0.2, 0) is 0 Å². The van der Waals surface area contributed by atoms with Crippen LogP contribution in [-0.4, -0.2) is 17.4 Å². The van der Waals surface area contributed by atoms with Gasteiger partial charge < -0.3 is 5.32 Å². The summed E-state index contributed by atoms with van der Waals surface area (Å²) in [5.41, 5.74) is -1.76. The fraction of sp³-hybridized carbons (Fsp3) is 0.640. The first kappa shape index (κ1) is 27.7. The zero-order valence-corrected chi connectivity index (χ0v) is 21.1. The number of halogens is 3. The molecule has 2 unspecified atom stereocenters. The predicted molar refractivity (Wildman–Crippen MR) is 131 cm³/mol. The number of aliphatic imine (C=N–C) groups is 1. The summed E-state index contributed by atoms with van der Waals surface area (Å²) < 4.78 is 41.8. The highest BCUT2D eigenvalue weighted by atomic mass is 31.0. The Morgan fingerprint density at radius 1 is 1.23 bits per heavy atom. The third-order valence-electron chi connectivity index (χ3n) is 6.04. The lowest BCUT2D eigenvalue weighted by Gasteiger charge is -2.36. The molecule has 0 aliphatic heterocycles. The molecular weight excluding hydrogens is 416 g/mol. The van der Waals surface area contributed by atoms with Crippen LogP contribution in [0, 0.1) is 24.1 Å². The van der Waals surface area contributed by atoms with Gasteiger partial charge in [0.1, 0.15) is 11.5 Å². The first-order valence-electron chi connectivity index (χ1n) is 11.1. The van der Waals surface area contributed by atoms with Gasteiger partial charge >= 0.3 is 0 Å². The normalized spacial score (nSPS) is 15.7. The molecule has 0 aliphatic rings. The Labute approximate surface area is 189 Å². The van der Waals surface area contributed by atoms with E-state index in [1.807, 2.05) is 13.8 Å². The van der Waals surface area contributed by atoms with Crippen molar-refractivity contribution in [2.75, 3.05) is 0 Å². The second-order valence-electron chi connectivity index (χ2n) is 9.85. The third kappa shape index (κ3) is 10.2. The molecule has 0 saturated carbocycles. The number of rotatable bonds is 13. The average molecular weight is 457 g/mol. The smallest absolute Gasteiger partial charge is 0.261 e. The number of unbranched alkanes of at least 4 members (excludes halogenated alkanes) is 1. The molecule has 0 spiro atoms. The highest BCUT2D eigenvalue weighted by molar-refractivity contribution is 7.18. The third-order valence-corrected chi connectivity index (χ3v) is 6.25. The van der Waals surface area contributed by atoms with Crippen molar-refractivity contribution >= 4 is 21.1 Å². The molecule has 1 N–H and O–H groups in total. The summed E-state index contributed by atoms with van der Waals surface area (Å²) in [5, 5.41) is 3.25. The summed E-state index contributed by atoms with van der Waals surface area (Å²) >= 11 is 0. The van der Waals surface area contributed by atoms with Gasteiger partial charge in [-0.2, -0.15) is 0 Å². The van der Waals surface area contributed by atoms with Crippen molar-refractivity contribution < 1.29 is 13.2 Å². The molecule has 1 aromatic rings. The van der Waals surface area contributed by atoms with Gasteiger partial charge in [-0.25, -0.2) is 13.2 Å². The molecule has 0 radical (unpaired) electrons. The maximum Gasteiger partial charge on any atom is 0.261 e. The van der Waals surface area contributed by atoms with Gasteiger partial charge in [-0.15, -0.1) is 0 Å². The lowest BCUT2D eigenvalue weighted by Crippen LogP contribution is -2.46. The number of allylic oxidation sites excluding steroid dienone is 1. The summed E-state index contributed by atoms with van der Waals surface area (Å²) in [6.07, 6.45) is 5.95. The second-order valence-corrected chi connectivity index (χ2v) is 10.7. The lowest BCUT2D eigenvalue weighted by molar-refractivity contribution is 0.0580. The molecule has 0 bridgehead atoms. The van der Waals surface area contributed by atoms with Gasteiger partial charge in [0.2, 0.25) is 0 Å². The molecule has 31 heavy (non-hydrogen) atoms. The number of hydrogen-bond acceptors (Lipinski definition) is 2. The van der Waals surface area contributed by atoms with Gasteiger partial charge in [0.15, 0.2) is 0 Å². The Bertz CT molecular complexity index is 735. The molecule has 1 rings (SSSR count). The zero-order chi connectivity index (χ0) is 23.9. The Kier molecular flexibility index (Phi) is 10.3. The van der Waals surface area contributed by atoms with E-state index in [9.17, 15) is 13.2 Å². The number of hydrogen-bond donors (Lipinski definition) is 1. The Balaban J connectivity index is 2.83. The van der Waals surface area contributed by atoms with Crippen LogP contribution in [0.25, 0.3) is 0 Å². The van der Waals surface area contributed by atoms with Crippen LogP contribution in [0.15, 0.2) is 35.5 Å². The van der Waals surface area contributed by atoms with Gasteiger partial charge in [0, 0.05) is 29.8 Å². The van der Waals surface area contributed by atoms with E-state index in [1.54, 1.807) is 34.5 Å². The van der Waals surface area contributed by atoms with Crippen molar-refractivity contribution in [3.05, 3.63) is 41.9 Å². The Morgan fingerprint density at radius 3 is 2.39 bits per heavy atom. The molecule has 2 nitrogen and oxygen atoms in total. The minimum absolute atomic E-state index is 0.240. The van der Waals surface area contributed by atoms with E-state index in [1.165, 1.54) is 6.07 Å². The molecule has 0 aliphatic carbocycles. The molecule has 0 saturated heterocycles. The summed E-state index contributed by atoms with van der Waals surface area (Å²) in [5.74, 6) is -0.625. The maximum atomic E-state index is 14.0. The van der Waals surface area contributed by atoms with Crippen molar-refractivity contribution in [1.82, 2.24) is 5.32 Å². The molecule has 6 heteroatoms. The van der Waals surface area contributed by atoms with Crippen LogP contribution < -0.4 is 5.32 Å². The highest BCUT2D eigenvalue weighted by Gasteiger charge is 2.36. The minimum atomic E-state index is -2.87. The molecular formula is C25H40F3N2P. The fourth-order valence-electron chi connectivity index (χ4n) is 3.58. The number of aryl methyl sites for hydroxylation is 1. The van der Waals surface area contributed by atoms with E-state index < -0.39 is 11.2 Å². The van der Waals surface area contributed by atoms with E-state index in [0.717, 1.165) is 31.2 Å². The van der Waals surface area contributed by atoms with Crippen molar-refractivity contribution in [3.63, 3.8) is 0 Å². The first-order chi connectivity index (χ1) is 14.2. The largest absolute Gasteiger partial charge is 0.383 e. The molecule has 1 aromatic carbocycles. The second kappa shape index (κ2) is 11.5.